The Morgan fingerprint density at radius 1 is 1.45 bits per heavy atom. The summed E-state index contributed by atoms with van der Waals surface area (Å²) in [6.07, 6.45) is -5.77. The highest BCUT2D eigenvalue weighted by Crippen LogP contribution is 2.44. The monoisotopic (exact) mass is 344 g/mol. The van der Waals surface area contributed by atoms with Crippen LogP contribution in [0.4, 0.5) is 8.78 Å². The van der Waals surface area contributed by atoms with Crippen LogP contribution in [-0.2, 0) is 13.8 Å². The molecule has 22 heavy (non-hydrogen) atoms. The fourth-order valence-electron chi connectivity index (χ4n) is 1.89. The maximum atomic E-state index is 14.0. The Kier molecular flexibility index (Phi) is 4.35. The molecule has 4 N–H and O–H groups in total. The van der Waals surface area contributed by atoms with Gasteiger partial charge < -0.3 is 19.6 Å². The number of rotatable bonds is 4. The van der Waals surface area contributed by atoms with Crippen molar-refractivity contribution < 1.29 is 37.5 Å². The Bertz CT molecular complexity index is 712. The average Bonchev–Trinajstić information content (AvgIpc) is 2.59. The number of aromatic nitrogens is 2. The van der Waals surface area contributed by atoms with E-state index in [-0.39, 0.29) is 0 Å². The zero-order valence-electron chi connectivity index (χ0n) is 10.6. The third-order valence-corrected chi connectivity index (χ3v) is 3.38. The molecule has 0 unspecified atom stereocenters. The quantitative estimate of drug-likeness (QED) is 0.484. The van der Waals surface area contributed by atoms with Gasteiger partial charge >= 0.3 is 19.4 Å². The molecule has 1 aliphatic rings. The van der Waals surface area contributed by atoms with Crippen LogP contribution in [0.25, 0.3) is 0 Å². The molecule has 0 aromatic carbocycles. The number of aromatic amines is 1. The summed E-state index contributed by atoms with van der Waals surface area (Å²) < 4.78 is 47.6. The SMILES string of the molecule is O=c1ccn([C@H]2O[C@H](COP(=O)(O)O)[C@@H](O)C2(F)F)c(=O)[nH]1. The van der Waals surface area contributed by atoms with E-state index >= 15 is 0 Å². The maximum absolute atomic E-state index is 14.0. The molecule has 0 radical (unpaired) electrons. The van der Waals surface area contributed by atoms with Gasteiger partial charge in [0.1, 0.15) is 6.10 Å². The number of aliphatic hydroxyl groups excluding tert-OH is 1. The molecule has 2 rings (SSSR count). The van der Waals surface area contributed by atoms with Gasteiger partial charge in [-0.15, -0.1) is 0 Å². The van der Waals surface area contributed by atoms with Crippen molar-refractivity contribution in [2.75, 3.05) is 6.61 Å². The summed E-state index contributed by atoms with van der Waals surface area (Å²) in [6.45, 7) is -1.02. The minimum absolute atomic E-state index is 0.349. The first-order valence-electron chi connectivity index (χ1n) is 5.75. The van der Waals surface area contributed by atoms with Gasteiger partial charge in [0.2, 0.25) is 6.23 Å². The normalized spacial score (nSPS) is 28.0. The summed E-state index contributed by atoms with van der Waals surface area (Å²) in [5, 5.41) is 9.50. The van der Waals surface area contributed by atoms with Crippen LogP contribution in [0, 0.1) is 0 Å². The lowest BCUT2D eigenvalue weighted by atomic mass is 10.1. The zero-order valence-corrected chi connectivity index (χ0v) is 11.5. The van der Waals surface area contributed by atoms with Crippen molar-refractivity contribution in [1.29, 1.82) is 0 Å². The number of hydrogen-bond acceptors (Lipinski definition) is 6. The minimum Gasteiger partial charge on any atom is -0.384 e. The highest BCUT2D eigenvalue weighted by atomic mass is 31.2. The van der Waals surface area contributed by atoms with Crippen molar-refractivity contribution in [2.45, 2.75) is 24.4 Å². The molecule has 0 amide bonds. The number of aliphatic hydroxyl groups is 1. The summed E-state index contributed by atoms with van der Waals surface area (Å²) in [5.41, 5.74) is -2.01. The van der Waals surface area contributed by atoms with Crippen molar-refractivity contribution in [3.63, 3.8) is 0 Å². The average molecular weight is 344 g/mol. The van der Waals surface area contributed by atoms with Gasteiger partial charge in [-0.2, -0.15) is 8.78 Å². The van der Waals surface area contributed by atoms with Crippen LogP contribution in [0.1, 0.15) is 6.23 Å². The van der Waals surface area contributed by atoms with E-state index in [1.54, 1.807) is 4.98 Å². The summed E-state index contributed by atoms with van der Waals surface area (Å²) in [6, 6.07) is 0.798. The molecule has 3 atom stereocenters. The second kappa shape index (κ2) is 5.65. The number of hydrogen-bond donors (Lipinski definition) is 4. The first kappa shape index (κ1) is 16.9. The number of nitrogens with zero attached hydrogens (tertiary/aromatic N) is 1. The molecule has 1 saturated heterocycles. The third kappa shape index (κ3) is 3.32. The van der Waals surface area contributed by atoms with Gasteiger partial charge in [-0.05, 0) is 0 Å². The molecule has 1 aromatic heterocycles. The number of nitrogens with one attached hydrogen (secondary N) is 1. The summed E-state index contributed by atoms with van der Waals surface area (Å²) in [7, 11) is -4.95. The van der Waals surface area contributed by atoms with E-state index < -0.39 is 50.0 Å². The van der Waals surface area contributed by atoms with Gasteiger partial charge in [-0.1, -0.05) is 0 Å². The van der Waals surface area contributed by atoms with Crippen LogP contribution in [0.5, 0.6) is 0 Å². The fraction of sp³-hybridized carbons (Fsp3) is 0.556. The van der Waals surface area contributed by atoms with Gasteiger partial charge in [0, 0.05) is 12.3 Å². The summed E-state index contributed by atoms with van der Waals surface area (Å²) in [5.74, 6) is -3.95. The predicted octanol–water partition coefficient (Wildman–Crippen LogP) is -1.46. The van der Waals surface area contributed by atoms with Gasteiger partial charge in [0.15, 0.2) is 6.10 Å². The molecule has 0 bridgehead atoms. The number of ether oxygens (including phenoxy) is 1. The minimum atomic E-state index is -4.95. The lowest BCUT2D eigenvalue weighted by Gasteiger charge is -2.20. The van der Waals surface area contributed by atoms with Gasteiger partial charge in [0.05, 0.1) is 6.61 Å². The second-order valence-corrected chi connectivity index (χ2v) is 5.69. The Morgan fingerprint density at radius 2 is 2.09 bits per heavy atom. The maximum Gasteiger partial charge on any atom is 0.469 e. The lowest BCUT2D eigenvalue weighted by Crippen LogP contribution is -2.42. The van der Waals surface area contributed by atoms with E-state index in [0.717, 1.165) is 12.3 Å². The van der Waals surface area contributed by atoms with E-state index in [2.05, 4.69) is 4.52 Å². The first-order valence-corrected chi connectivity index (χ1v) is 7.28. The van der Waals surface area contributed by atoms with Crippen molar-refractivity contribution in [3.05, 3.63) is 33.1 Å². The molecule has 13 heteroatoms. The molecule has 0 aliphatic carbocycles. The van der Waals surface area contributed by atoms with Gasteiger partial charge in [-0.3, -0.25) is 18.9 Å². The Morgan fingerprint density at radius 3 is 2.64 bits per heavy atom. The molecule has 10 nitrogen and oxygen atoms in total. The standard InChI is InChI=1S/C9H11F2N2O8P/c10-9(11)6(15)4(3-20-22(17,18)19)21-7(9)13-2-1-5(14)12-8(13)16/h1-2,4,6-7,15H,3H2,(H,12,14,16)(H2,17,18,19)/t4-,6-,7+/m1/s1. The van der Waals surface area contributed by atoms with Crippen molar-refractivity contribution in [3.8, 4) is 0 Å². The molecule has 1 aromatic rings. The largest absolute Gasteiger partial charge is 0.469 e. The molecule has 1 aliphatic heterocycles. The molecular formula is C9H11F2N2O8P. The molecule has 1 fully saturated rings. The van der Waals surface area contributed by atoms with E-state index in [9.17, 15) is 28.0 Å². The van der Waals surface area contributed by atoms with Crippen LogP contribution in [0.3, 0.4) is 0 Å². The Labute approximate surface area is 120 Å². The highest BCUT2D eigenvalue weighted by molar-refractivity contribution is 7.46. The molecule has 0 saturated carbocycles. The van der Waals surface area contributed by atoms with Gasteiger partial charge in [-0.25, -0.2) is 9.36 Å². The van der Waals surface area contributed by atoms with Crippen LogP contribution >= 0.6 is 7.82 Å². The molecular weight excluding hydrogens is 333 g/mol. The number of halogens is 2. The van der Waals surface area contributed by atoms with Crippen molar-refractivity contribution >= 4 is 7.82 Å². The third-order valence-electron chi connectivity index (χ3n) is 2.89. The van der Waals surface area contributed by atoms with E-state index in [1.807, 2.05) is 0 Å². The summed E-state index contributed by atoms with van der Waals surface area (Å²) in [4.78, 5) is 41.2. The number of alkyl halides is 2. The van der Waals surface area contributed by atoms with Crippen molar-refractivity contribution in [1.82, 2.24) is 9.55 Å². The Hall–Kier alpha value is -1.43. The van der Waals surface area contributed by atoms with Gasteiger partial charge in [0.25, 0.3) is 5.56 Å². The first-order chi connectivity index (χ1) is 10.0. The van der Waals surface area contributed by atoms with Crippen molar-refractivity contribution in [2.24, 2.45) is 0 Å². The van der Waals surface area contributed by atoms with Crippen LogP contribution in [-0.4, -0.2) is 49.2 Å². The van der Waals surface area contributed by atoms with E-state index in [4.69, 9.17) is 14.5 Å². The Balaban J connectivity index is 2.28. The predicted molar refractivity (Wildman–Crippen MR) is 64.2 cm³/mol. The number of H-pyrrole nitrogens is 1. The second-order valence-electron chi connectivity index (χ2n) is 4.45. The topological polar surface area (TPSA) is 151 Å². The molecule has 124 valence electrons. The van der Waals surface area contributed by atoms with Crippen LogP contribution < -0.4 is 11.2 Å². The molecule has 2 heterocycles. The smallest absolute Gasteiger partial charge is 0.384 e. The lowest BCUT2D eigenvalue weighted by molar-refractivity contribution is -0.141. The number of phosphoric ester groups is 1. The van der Waals surface area contributed by atoms with E-state index in [0.29, 0.717) is 4.57 Å². The zero-order chi connectivity index (χ0) is 16.7. The summed E-state index contributed by atoms with van der Waals surface area (Å²) >= 11 is 0. The van der Waals surface area contributed by atoms with E-state index in [1.165, 1.54) is 0 Å². The van der Waals surface area contributed by atoms with Crippen LogP contribution in [0.15, 0.2) is 21.9 Å². The molecule has 0 spiro atoms. The number of phosphoric acid groups is 1. The van der Waals surface area contributed by atoms with Crippen LogP contribution in [0.2, 0.25) is 0 Å². The highest BCUT2D eigenvalue weighted by Gasteiger charge is 2.59. The fourth-order valence-corrected chi connectivity index (χ4v) is 2.23.